The van der Waals surface area contributed by atoms with E-state index < -0.39 is 11.6 Å². The van der Waals surface area contributed by atoms with E-state index in [0.717, 1.165) is 25.9 Å². The standard InChI is InChI=1S/C11H19NO3/c1-12-7-5-11(6-8-12,10(13)14)15-9-3-2-4-9/h9H,2-8H2,1H3,(H,13,14). The van der Waals surface area contributed by atoms with Crippen LogP contribution in [-0.2, 0) is 9.53 Å². The molecule has 1 heterocycles. The number of carboxylic acid groups (broad SMARTS) is 1. The molecular formula is C11H19NO3. The maximum absolute atomic E-state index is 11.3. The Bertz CT molecular complexity index is 242. The first-order valence-electron chi connectivity index (χ1n) is 5.72. The zero-order valence-corrected chi connectivity index (χ0v) is 9.24. The summed E-state index contributed by atoms with van der Waals surface area (Å²) in [4.78, 5) is 13.5. The molecule has 4 nitrogen and oxygen atoms in total. The number of hydrogen-bond acceptors (Lipinski definition) is 3. The lowest BCUT2D eigenvalue weighted by Gasteiger charge is -2.41. The van der Waals surface area contributed by atoms with E-state index >= 15 is 0 Å². The van der Waals surface area contributed by atoms with Crippen molar-refractivity contribution in [3.63, 3.8) is 0 Å². The molecule has 2 aliphatic rings. The third-order valence-electron chi connectivity index (χ3n) is 3.63. The zero-order valence-electron chi connectivity index (χ0n) is 9.24. The molecule has 1 aliphatic carbocycles. The minimum absolute atomic E-state index is 0.199. The number of aliphatic carboxylic acids is 1. The van der Waals surface area contributed by atoms with E-state index in [1.54, 1.807) is 0 Å². The first-order chi connectivity index (χ1) is 7.12. The van der Waals surface area contributed by atoms with Gasteiger partial charge >= 0.3 is 5.97 Å². The Morgan fingerprint density at radius 2 is 2.00 bits per heavy atom. The summed E-state index contributed by atoms with van der Waals surface area (Å²) in [5.41, 5.74) is -0.891. The number of likely N-dealkylation sites (tertiary alicyclic amines) is 1. The second kappa shape index (κ2) is 4.10. The maximum atomic E-state index is 11.3. The minimum Gasteiger partial charge on any atom is -0.479 e. The van der Waals surface area contributed by atoms with Crippen LogP contribution in [0.5, 0.6) is 0 Å². The van der Waals surface area contributed by atoms with Crippen LogP contribution in [0.15, 0.2) is 0 Å². The van der Waals surface area contributed by atoms with Gasteiger partial charge in [-0.1, -0.05) is 0 Å². The minimum atomic E-state index is -0.891. The van der Waals surface area contributed by atoms with Gasteiger partial charge in [0.05, 0.1) is 6.10 Å². The highest BCUT2D eigenvalue weighted by atomic mass is 16.5. The van der Waals surface area contributed by atoms with Gasteiger partial charge in [0.1, 0.15) is 0 Å². The first-order valence-corrected chi connectivity index (χ1v) is 5.72. The van der Waals surface area contributed by atoms with Crippen LogP contribution in [-0.4, -0.2) is 47.8 Å². The number of hydrogen-bond donors (Lipinski definition) is 1. The molecule has 1 N–H and O–H groups in total. The first kappa shape index (κ1) is 10.9. The largest absolute Gasteiger partial charge is 0.479 e. The normalized spacial score (nSPS) is 27.3. The van der Waals surface area contributed by atoms with Crippen molar-refractivity contribution in [2.24, 2.45) is 0 Å². The Morgan fingerprint density at radius 3 is 2.40 bits per heavy atom. The van der Waals surface area contributed by atoms with E-state index in [1.165, 1.54) is 6.42 Å². The van der Waals surface area contributed by atoms with Crippen molar-refractivity contribution in [1.82, 2.24) is 4.90 Å². The molecule has 0 bridgehead atoms. The van der Waals surface area contributed by atoms with Crippen molar-refractivity contribution < 1.29 is 14.6 Å². The molecule has 0 unspecified atom stereocenters. The van der Waals surface area contributed by atoms with Crippen molar-refractivity contribution >= 4 is 5.97 Å². The molecule has 1 saturated carbocycles. The lowest BCUT2D eigenvalue weighted by Crippen LogP contribution is -2.52. The molecule has 2 rings (SSSR count). The Balaban J connectivity index is 1.99. The summed E-state index contributed by atoms with van der Waals surface area (Å²) in [6.07, 6.45) is 4.69. The molecule has 0 radical (unpaired) electrons. The average Bonchev–Trinajstić information content (AvgIpc) is 2.14. The van der Waals surface area contributed by atoms with Crippen LogP contribution in [0.3, 0.4) is 0 Å². The fourth-order valence-electron chi connectivity index (χ4n) is 2.17. The fraction of sp³-hybridized carbons (Fsp3) is 0.909. The zero-order chi connectivity index (χ0) is 10.9. The van der Waals surface area contributed by atoms with Crippen molar-refractivity contribution in [3.8, 4) is 0 Å². The van der Waals surface area contributed by atoms with Crippen LogP contribution in [0, 0.1) is 0 Å². The molecule has 4 heteroatoms. The van der Waals surface area contributed by atoms with Gasteiger partial charge in [0.15, 0.2) is 5.60 Å². The SMILES string of the molecule is CN1CCC(OC2CCC2)(C(=O)O)CC1. The Kier molecular flexibility index (Phi) is 2.98. The molecule has 1 aliphatic heterocycles. The molecule has 15 heavy (non-hydrogen) atoms. The molecule has 0 atom stereocenters. The number of carboxylic acids is 1. The highest BCUT2D eigenvalue weighted by molar-refractivity contribution is 5.77. The van der Waals surface area contributed by atoms with Crippen LogP contribution in [0.4, 0.5) is 0 Å². The number of ether oxygens (including phenoxy) is 1. The molecule has 2 fully saturated rings. The third-order valence-corrected chi connectivity index (χ3v) is 3.63. The summed E-state index contributed by atoms with van der Waals surface area (Å²) >= 11 is 0. The van der Waals surface area contributed by atoms with Crippen LogP contribution < -0.4 is 0 Å². The van der Waals surface area contributed by atoms with Crippen LogP contribution in [0.25, 0.3) is 0 Å². The lowest BCUT2D eigenvalue weighted by atomic mass is 9.88. The Hall–Kier alpha value is -0.610. The van der Waals surface area contributed by atoms with Crippen LogP contribution >= 0.6 is 0 Å². The highest BCUT2D eigenvalue weighted by Crippen LogP contribution is 2.33. The smallest absolute Gasteiger partial charge is 0.336 e. The number of piperidine rings is 1. The van der Waals surface area contributed by atoms with E-state index in [4.69, 9.17) is 4.74 Å². The second-order valence-electron chi connectivity index (χ2n) is 4.77. The summed E-state index contributed by atoms with van der Waals surface area (Å²) in [6.45, 7) is 1.64. The maximum Gasteiger partial charge on any atom is 0.336 e. The molecule has 86 valence electrons. The van der Waals surface area contributed by atoms with Gasteiger partial charge in [-0.2, -0.15) is 0 Å². The van der Waals surface area contributed by atoms with Gasteiger partial charge < -0.3 is 14.7 Å². The van der Waals surface area contributed by atoms with E-state index in [1.807, 2.05) is 7.05 Å². The van der Waals surface area contributed by atoms with Crippen molar-refractivity contribution in [1.29, 1.82) is 0 Å². The van der Waals surface area contributed by atoms with Gasteiger partial charge in [-0.3, -0.25) is 0 Å². The van der Waals surface area contributed by atoms with E-state index in [-0.39, 0.29) is 6.10 Å². The third kappa shape index (κ3) is 2.16. The number of rotatable bonds is 3. The van der Waals surface area contributed by atoms with Crippen LogP contribution in [0.2, 0.25) is 0 Å². The van der Waals surface area contributed by atoms with Gasteiger partial charge in [0.2, 0.25) is 0 Å². The second-order valence-corrected chi connectivity index (χ2v) is 4.77. The molecular weight excluding hydrogens is 194 g/mol. The number of carbonyl (C=O) groups is 1. The number of nitrogens with zero attached hydrogens (tertiary/aromatic N) is 1. The Morgan fingerprint density at radius 1 is 1.40 bits per heavy atom. The Labute approximate surface area is 90.2 Å². The molecule has 0 spiro atoms. The molecule has 0 aromatic heterocycles. The van der Waals surface area contributed by atoms with Gasteiger partial charge in [-0.25, -0.2) is 4.79 Å². The van der Waals surface area contributed by atoms with Crippen LogP contribution in [0.1, 0.15) is 32.1 Å². The molecule has 1 saturated heterocycles. The van der Waals surface area contributed by atoms with E-state index in [2.05, 4.69) is 4.90 Å². The summed E-state index contributed by atoms with van der Waals surface area (Å²) in [7, 11) is 2.02. The van der Waals surface area contributed by atoms with Gasteiger partial charge in [0.25, 0.3) is 0 Å². The average molecular weight is 213 g/mol. The topological polar surface area (TPSA) is 49.8 Å². The molecule has 0 aromatic rings. The summed E-state index contributed by atoms with van der Waals surface area (Å²) in [5, 5.41) is 9.30. The molecule has 0 aromatic carbocycles. The van der Waals surface area contributed by atoms with Gasteiger partial charge in [-0.05, 0) is 39.2 Å². The van der Waals surface area contributed by atoms with E-state index in [9.17, 15) is 9.90 Å². The molecule has 0 amide bonds. The lowest BCUT2D eigenvalue weighted by molar-refractivity contribution is -0.189. The quantitative estimate of drug-likeness (QED) is 0.763. The highest BCUT2D eigenvalue weighted by Gasteiger charge is 2.44. The summed E-state index contributed by atoms with van der Waals surface area (Å²) < 4.78 is 5.80. The predicted octanol–water partition coefficient (Wildman–Crippen LogP) is 1.10. The van der Waals surface area contributed by atoms with Crippen molar-refractivity contribution in [2.75, 3.05) is 20.1 Å². The van der Waals surface area contributed by atoms with Crippen molar-refractivity contribution in [3.05, 3.63) is 0 Å². The predicted molar refractivity (Wildman–Crippen MR) is 55.8 cm³/mol. The monoisotopic (exact) mass is 213 g/mol. The van der Waals surface area contributed by atoms with Gasteiger partial charge in [-0.15, -0.1) is 0 Å². The van der Waals surface area contributed by atoms with E-state index in [0.29, 0.717) is 12.8 Å². The van der Waals surface area contributed by atoms with Gasteiger partial charge in [0, 0.05) is 13.1 Å². The summed E-state index contributed by atoms with van der Waals surface area (Å²) in [6, 6.07) is 0. The summed E-state index contributed by atoms with van der Waals surface area (Å²) in [5.74, 6) is -0.775. The fourth-order valence-corrected chi connectivity index (χ4v) is 2.17. The van der Waals surface area contributed by atoms with Crippen molar-refractivity contribution in [2.45, 2.75) is 43.8 Å².